The Bertz CT molecular complexity index is 959. The van der Waals surface area contributed by atoms with Crippen LogP contribution in [0.2, 0.25) is 0 Å². The first kappa shape index (κ1) is 20.0. The first-order valence-corrected chi connectivity index (χ1v) is 11.5. The number of aromatic nitrogens is 2. The van der Waals surface area contributed by atoms with Crippen molar-refractivity contribution in [1.82, 2.24) is 9.97 Å². The van der Waals surface area contributed by atoms with Gasteiger partial charge in [-0.2, -0.15) is 0 Å². The number of carbonyl (C=O) groups is 1. The zero-order valence-corrected chi connectivity index (χ0v) is 18.2. The van der Waals surface area contributed by atoms with Crippen LogP contribution in [0.5, 0.6) is 0 Å². The van der Waals surface area contributed by atoms with Gasteiger partial charge in [-0.05, 0) is 12.1 Å². The maximum absolute atomic E-state index is 12.3. The first-order chi connectivity index (χ1) is 14.1. The molecule has 0 bridgehead atoms. The van der Waals surface area contributed by atoms with Crippen LogP contribution >= 0.6 is 22.7 Å². The molecule has 1 aliphatic heterocycles. The largest absolute Gasteiger partial charge is 0.378 e. The Hall–Kier alpha value is -2.29. The molecular formula is C21H24N4O2S2. The van der Waals surface area contributed by atoms with E-state index in [1.807, 2.05) is 29.6 Å². The molecule has 2 aromatic heterocycles. The lowest BCUT2D eigenvalue weighted by molar-refractivity contribution is -0.115. The maximum Gasteiger partial charge on any atom is 0.230 e. The van der Waals surface area contributed by atoms with E-state index in [-0.39, 0.29) is 5.91 Å². The number of amides is 1. The van der Waals surface area contributed by atoms with Crippen molar-refractivity contribution in [3.8, 4) is 11.3 Å². The fourth-order valence-corrected chi connectivity index (χ4v) is 4.78. The van der Waals surface area contributed by atoms with Gasteiger partial charge in [0.15, 0.2) is 5.13 Å². The summed E-state index contributed by atoms with van der Waals surface area (Å²) in [4.78, 5) is 23.9. The summed E-state index contributed by atoms with van der Waals surface area (Å²) in [5.74, 6) is 0.334. The second-order valence-corrected chi connectivity index (χ2v) is 8.98. The molecule has 1 saturated heterocycles. The highest BCUT2D eigenvalue weighted by Crippen LogP contribution is 2.28. The number of nitrogens with one attached hydrogen (secondary N) is 1. The van der Waals surface area contributed by atoms with Gasteiger partial charge in [0, 0.05) is 41.0 Å². The van der Waals surface area contributed by atoms with Gasteiger partial charge in [-0.3, -0.25) is 4.79 Å². The minimum Gasteiger partial charge on any atom is -0.378 e. The molecule has 1 N–H and O–H groups in total. The average Bonchev–Trinajstić information content (AvgIpc) is 3.39. The number of anilines is 2. The van der Waals surface area contributed by atoms with Crippen molar-refractivity contribution >= 4 is 39.4 Å². The maximum atomic E-state index is 12.3. The number of hydrogen-bond donors (Lipinski definition) is 1. The monoisotopic (exact) mass is 428 g/mol. The van der Waals surface area contributed by atoms with Crippen molar-refractivity contribution < 1.29 is 9.53 Å². The Kier molecular flexibility index (Phi) is 6.22. The van der Waals surface area contributed by atoms with Crippen LogP contribution < -0.4 is 10.2 Å². The molecule has 29 heavy (non-hydrogen) atoms. The van der Waals surface area contributed by atoms with Gasteiger partial charge in [0.1, 0.15) is 0 Å². The summed E-state index contributed by atoms with van der Waals surface area (Å²) >= 11 is 3.26. The third-order valence-electron chi connectivity index (χ3n) is 4.64. The van der Waals surface area contributed by atoms with Gasteiger partial charge in [0.2, 0.25) is 5.91 Å². The van der Waals surface area contributed by atoms with E-state index in [2.05, 4.69) is 34.4 Å². The second-order valence-electron chi connectivity index (χ2n) is 7.25. The molecule has 1 aliphatic rings. The molecule has 0 aliphatic carbocycles. The molecule has 1 fully saturated rings. The fraction of sp³-hybridized carbons (Fsp3) is 0.381. The smallest absolute Gasteiger partial charge is 0.230 e. The molecule has 0 unspecified atom stereocenters. The quantitative estimate of drug-likeness (QED) is 0.630. The minimum absolute atomic E-state index is 0.0541. The highest BCUT2D eigenvalue weighted by atomic mass is 32.1. The predicted molar refractivity (Wildman–Crippen MR) is 119 cm³/mol. The number of nitrogens with zero attached hydrogens (tertiary/aromatic N) is 3. The van der Waals surface area contributed by atoms with E-state index in [0.717, 1.165) is 59.1 Å². The standard InChI is InChI=1S/C21H24N4O2S2/c1-14(2)20-23-17(12-28-20)11-19(26)22-16-5-3-15(4-6-16)18-13-29-21(24-18)25-7-9-27-10-8-25/h3-6,12-14H,7-11H2,1-2H3,(H,22,26). The number of benzene rings is 1. The SMILES string of the molecule is CC(C)c1nc(CC(=O)Nc2ccc(-c3csc(N4CCOCC4)n3)cc2)cs1. The lowest BCUT2D eigenvalue weighted by Gasteiger charge is -2.26. The van der Waals surface area contributed by atoms with Crippen molar-refractivity contribution in [2.75, 3.05) is 36.5 Å². The number of carbonyl (C=O) groups excluding carboxylic acids is 1. The first-order valence-electron chi connectivity index (χ1n) is 9.71. The highest BCUT2D eigenvalue weighted by Gasteiger charge is 2.15. The zero-order chi connectivity index (χ0) is 20.2. The molecule has 0 atom stereocenters. The highest BCUT2D eigenvalue weighted by molar-refractivity contribution is 7.14. The van der Waals surface area contributed by atoms with Gasteiger partial charge in [0.05, 0.1) is 36.0 Å². The van der Waals surface area contributed by atoms with Crippen LogP contribution in [-0.4, -0.2) is 42.2 Å². The van der Waals surface area contributed by atoms with Crippen LogP contribution in [0.1, 0.15) is 30.5 Å². The Morgan fingerprint density at radius 1 is 1.14 bits per heavy atom. The van der Waals surface area contributed by atoms with Crippen molar-refractivity contribution in [3.05, 3.63) is 45.7 Å². The molecule has 0 saturated carbocycles. The van der Waals surface area contributed by atoms with E-state index in [9.17, 15) is 4.79 Å². The fourth-order valence-electron chi connectivity index (χ4n) is 3.06. The summed E-state index contributed by atoms with van der Waals surface area (Å²) in [7, 11) is 0. The molecule has 3 aromatic rings. The van der Waals surface area contributed by atoms with Crippen LogP contribution in [0.25, 0.3) is 11.3 Å². The van der Waals surface area contributed by atoms with Gasteiger partial charge >= 0.3 is 0 Å². The molecule has 8 heteroatoms. The van der Waals surface area contributed by atoms with Gasteiger partial charge in [-0.1, -0.05) is 26.0 Å². The molecule has 0 radical (unpaired) electrons. The van der Waals surface area contributed by atoms with Gasteiger partial charge < -0.3 is 15.0 Å². The predicted octanol–water partition coefficient (Wildman–Crippen LogP) is 4.41. The van der Waals surface area contributed by atoms with Crippen LogP contribution in [0.15, 0.2) is 35.0 Å². The van der Waals surface area contributed by atoms with Crippen molar-refractivity contribution in [2.45, 2.75) is 26.2 Å². The Morgan fingerprint density at radius 3 is 2.59 bits per heavy atom. The topological polar surface area (TPSA) is 67.4 Å². The molecule has 6 nitrogen and oxygen atoms in total. The summed E-state index contributed by atoms with van der Waals surface area (Å²) in [6, 6.07) is 7.82. The number of morpholine rings is 1. The number of rotatable bonds is 6. The molecule has 0 spiro atoms. The van der Waals surface area contributed by atoms with Crippen molar-refractivity contribution in [1.29, 1.82) is 0 Å². The zero-order valence-electron chi connectivity index (χ0n) is 16.6. The van der Waals surface area contributed by atoms with E-state index in [1.54, 1.807) is 22.7 Å². The summed E-state index contributed by atoms with van der Waals surface area (Å²) in [5.41, 5.74) is 3.60. The molecule has 4 rings (SSSR count). The second kappa shape index (κ2) is 9.02. The molecule has 1 amide bonds. The molecular weight excluding hydrogens is 404 g/mol. The number of ether oxygens (including phenoxy) is 1. The van der Waals surface area contributed by atoms with E-state index >= 15 is 0 Å². The van der Waals surface area contributed by atoms with E-state index in [4.69, 9.17) is 9.72 Å². The van der Waals surface area contributed by atoms with Crippen molar-refractivity contribution in [3.63, 3.8) is 0 Å². The molecule has 152 valence electrons. The van der Waals surface area contributed by atoms with E-state index < -0.39 is 0 Å². The Morgan fingerprint density at radius 2 is 1.90 bits per heavy atom. The van der Waals surface area contributed by atoms with Crippen LogP contribution in [0, 0.1) is 0 Å². The van der Waals surface area contributed by atoms with Crippen LogP contribution in [0.3, 0.4) is 0 Å². The minimum atomic E-state index is -0.0541. The van der Waals surface area contributed by atoms with Gasteiger partial charge in [-0.25, -0.2) is 9.97 Å². The van der Waals surface area contributed by atoms with E-state index in [0.29, 0.717) is 12.3 Å². The van der Waals surface area contributed by atoms with Crippen molar-refractivity contribution in [2.24, 2.45) is 0 Å². The summed E-state index contributed by atoms with van der Waals surface area (Å²) in [5, 5.41) is 9.09. The number of thiazole rings is 2. The third kappa shape index (κ3) is 5.01. The Labute approximate surface area is 178 Å². The van der Waals surface area contributed by atoms with Crippen LogP contribution in [0.4, 0.5) is 10.8 Å². The number of hydrogen-bond acceptors (Lipinski definition) is 7. The molecule has 1 aromatic carbocycles. The summed E-state index contributed by atoms with van der Waals surface area (Å²) in [6.07, 6.45) is 0.292. The summed E-state index contributed by atoms with van der Waals surface area (Å²) < 4.78 is 5.40. The molecule has 3 heterocycles. The summed E-state index contributed by atoms with van der Waals surface area (Å²) in [6.45, 7) is 7.49. The average molecular weight is 429 g/mol. The lowest BCUT2D eigenvalue weighted by Crippen LogP contribution is -2.36. The van der Waals surface area contributed by atoms with Gasteiger partial charge in [0.25, 0.3) is 0 Å². The Balaban J connectivity index is 1.36. The van der Waals surface area contributed by atoms with Gasteiger partial charge in [-0.15, -0.1) is 22.7 Å². The van der Waals surface area contributed by atoms with Crippen LogP contribution in [-0.2, 0) is 16.0 Å². The van der Waals surface area contributed by atoms with E-state index in [1.165, 1.54) is 0 Å². The lowest BCUT2D eigenvalue weighted by atomic mass is 10.1. The normalized spacial score (nSPS) is 14.4. The third-order valence-corrected chi connectivity index (χ3v) is 6.74.